The molecule has 0 heterocycles. The monoisotopic (exact) mass is 283 g/mol. The van der Waals surface area contributed by atoms with Crippen molar-refractivity contribution in [3.63, 3.8) is 0 Å². The Morgan fingerprint density at radius 1 is 1.53 bits per heavy atom. The van der Waals surface area contributed by atoms with Gasteiger partial charge in [0.1, 0.15) is 11.6 Å². The number of nitrogens with two attached hydrogens (primary N) is 1. The predicted molar refractivity (Wildman–Crippen MR) is 78.5 cm³/mol. The zero-order valence-electron chi connectivity index (χ0n) is 11.1. The number of methoxy groups -OCH3 is 1. The van der Waals surface area contributed by atoms with Crippen molar-refractivity contribution in [1.82, 2.24) is 0 Å². The summed E-state index contributed by atoms with van der Waals surface area (Å²) in [4.78, 5) is 15.8. The Kier molecular flexibility index (Phi) is 6.15. The molecular weight excluding hydrogens is 266 g/mol. The van der Waals surface area contributed by atoms with Crippen LogP contribution in [-0.2, 0) is 4.79 Å². The van der Waals surface area contributed by atoms with Crippen LogP contribution < -0.4 is 15.8 Å². The van der Waals surface area contributed by atoms with Crippen LogP contribution in [0.1, 0.15) is 19.8 Å². The van der Waals surface area contributed by atoms with Gasteiger partial charge in [0.15, 0.2) is 0 Å². The van der Waals surface area contributed by atoms with Crippen molar-refractivity contribution in [2.45, 2.75) is 19.8 Å². The Balaban J connectivity index is 3.05. The van der Waals surface area contributed by atoms with E-state index in [-0.39, 0.29) is 17.6 Å². The van der Waals surface area contributed by atoms with Gasteiger partial charge >= 0.3 is 0 Å². The molecule has 1 aromatic carbocycles. The van der Waals surface area contributed by atoms with Crippen molar-refractivity contribution >= 4 is 34.7 Å². The lowest BCUT2D eigenvalue weighted by Crippen LogP contribution is -2.14. The average Bonchev–Trinajstić information content (AvgIpc) is 2.40. The molecule has 0 radical (unpaired) electrons. The van der Waals surface area contributed by atoms with E-state index < -0.39 is 0 Å². The maximum atomic E-state index is 11.6. The molecule has 0 fully saturated rings. The van der Waals surface area contributed by atoms with Gasteiger partial charge in [-0.3, -0.25) is 4.79 Å². The minimum atomic E-state index is -0.0615. The van der Waals surface area contributed by atoms with Gasteiger partial charge in [0.2, 0.25) is 5.91 Å². The highest BCUT2D eigenvalue weighted by Crippen LogP contribution is 2.30. The molecule has 1 aromatic rings. The molecular formula is C13H18ClN3O2. The predicted octanol–water partition coefficient (Wildman–Crippen LogP) is 2.66. The number of hydrogen-bond acceptors (Lipinski definition) is 3. The lowest BCUT2D eigenvalue weighted by molar-refractivity contribution is -0.116. The molecule has 0 aliphatic rings. The van der Waals surface area contributed by atoms with Gasteiger partial charge in [-0.25, -0.2) is 4.99 Å². The van der Waals surface area contributed by atoms with Crippen LogP contribution >= 0.6 is 11.6 Å². The SMILES string of the molecule is CCCC(=O)Nc1ccc(OC)cc1N=C(N)CCl. The molecule has 0 aromatic heterocycles. The Bertz CT molecular complexity index is 475. The lowest BCUT2D eigenvalue weighted by atomic mass is 10.2. The molecule has 5 nitrogen and oxygen atoms in total. The van der Waals surface area contributed by atoms with Gasteiger partial charge in [-0.15, -0.1) is 11.6 Å². The van der Waals surface area contributed by atoms with Gasteiger partial charge in [-0.2, -0.15) is 0 Å². The number of alkyl halides is 1. The van der Waals surface area contributed by atoms with Crippen molar-refractivity contribution in [2.24, 2.45) is 10.7 Å². The number of hydrogen-bond donors (Lipinski definition) is 2. The molecule has 0 saturated heterocycles. The number of ether oxygens (including phenoxy) is 1. The zero-order valence-corrected chi connectivity index (χ0v) is 11.8. The maximum Gasteiger partial charge on any atom is 0.224 e. The Hall–Kier alpha value is -1.75. The summed E-state index contributed by atoms with van der Waals surface area (Å²) in [5, 5.41) is 2.79. The maximum absolute atomic E-state index is 11.6. The summed E-state index contributed by atoms with van der Waals surface area (Å²) < 4.78 is 5.12. The van der Waals surface area contributed by atoms with Crippen molar-refractivity contribution < 1.29 is 9.53 Å². The summed E-state index contributed by atoms with van der Waals surface area (Å²) in [7, 11) is 1.56. The second kappa shape index (κ2) is 7.63. The third-order valence-electron chi connectivity index (χ3n) is 2.36. The summed E-state index contributed by atoms with van der Waals surface area (Å²) >= 11 is 5.61. The fourth-order valence-electron chi connectivity index (χ4n) is 1.46. The van der Waals surface area contributed by atoms with E-state index in [9.17, 15) is 4.79 Å². The number of halogens is 1. The normalized spacial score (nSPS) is 11.2. The quantitative estimate of drug-likeness (QED) is 0.479. The van der Waals surface area contributed by atoms with Crippen LogP contribution in [0, 0.1) is 0 Å². The number of carbonyl (C=O) groups is 1. The van der Waals surface area contributed by atoms with Gasteiger partial charge in [0, 0.05) is 12.5 Å². The molecule has 3 N–H and O–H groups in total. The zero-order chi connectivity index (χ0) is 14.3. The molecule has 1 amide bonds. The highest BCUT2D eigenvalue weighted by molar-refractivity contribution is 6.28. The first-order valence-electron chi connectivity index (χ1n) is 5.97. The van der Waals surface area contributed by atoms with Crippen LogP contribution in [-0.4, -0.2) is 24.7 Å². The topological polar surface area (TPSA) is 76.7 Å². The van der Waals surface area contributed by atoms with E-state index in [4.69, 9.17) is 22.1 Å². The van der Waals surface area contributed by atoms with E-state index in [2.05, 4.69) is 10.3 Å². The number of rotatable bonds is 6. The first-order chi connectivity index (χ1) is 9.10. The second-order valence-corrected chi connectivity index (χ2v) is 4.19. The molecule has 1 rings (SSSR count). The van der Waals surface area contributed by atoms with Crippen LogP contribution in [0.15, 0.2) is 23.2 Å². The van der Waals surface area contributed by atoms with E-state index in [1.807, 2.05) is 6.92 Å². The van der Waals surface area contributed by atoms with Gasteiger partial charge in [0.25, 0.3) is 0 Å². The van der Waals surface area contributed by atoms with Crippen molar-refractivity contribution in [2.75, 3.05) is 18.3 Å². The molecule has 0 aliphatic heterocycles. The molecule has 0 unspecified atom stereocenters. The Morgan fingerprint density at radius 2 is 2.26 bits per heavy atom. The third kappa shape index (κ3) is 4.79. The van der Waals surface area contributed by atoms with Gasteiger partial charge in [-0.05, 0) is 18.6 Å². The molecule has 0 atom stereocenters. The standard InChI is InChI=1S/C13H18ClN3O2/c1-3-4-13(18)17-10-6-5-9(19-2)7-11(10)16-12(15)8-14/h5-7H,3-4,8H2,1-2H3,(H2,15,16)(H,17,18). The van der Waals surface area contributed by atoms with Gasteiger partial charge in [-0.1, -0.05) is 6.92 Å². The average molecular weight is 284 g/mol. The number of anilines is 1. The number of amidine groups is 1. The first-order valence-corrected chi connectivity index (χ1v) is 6.51. The fraction of sp³-hybridized carbons (Fsp3) is 0.385. The van der Waals surface area contributed by atoms with E-state index in [0.717, 1.165) is 6.42 Å². The first kappa shape index (κ1) is 15.3. The molecule has 0 saturated carbocycles. The van der Waals surface area contributed by atoms with Crippen LogP contribution in [0.3, 0.4) is 0 Å². The Morgan fingerprint density at radius 3 is 2.84 bits per heavy atom. The van der Waals surface area contributed by atoms with E-state index in [1.54, 1.807) is 25.3 Å². The Labute approximate surface area is 117 Å². The van der Waals surface area contributed by atoms with Crippen LogP contribution in [0.2, 0.25) is 0 Å². The molecule has 0 bridgehead atoms. The van der Waals surface area contributed by atoms with E-state index in [0.29, 0.717) is 23.5 Å². The highest BCUT2D eigenvalue weighted by atomic mass is 35.5. The molecule has 104 valence electrons. The summed E-state index contributed by atoms with van der Waals surface area (Å²) in [5.74, 6) is 0.976. The lowest BCUT2D eigenvalue weighted by Gasteiger charge is -2.10. The summed E-state index contributed by atoms with van der Waals surface area (Å²) in [6.45, 7) is 1.94. The number of amides is 1. The summed E-state index contributed by atoms with van der Waals surface area (Å²) in [6.07, 6.45) is 1.24. The van der Waals surface area contributed by atoms with E-state index in [1.165, 1.54) is 0 Å². The molecule has 6 heteroatoms. The van der Waals surface area contributed by atoms with Crippen LogP contribution in [0.25, 0.3) is 0 Å². The molecule has 19 heavy (non-hydrogen) atoms. The number of carbonyl (C=O) groups excluding carboxylic acids is 1. The molecule has 0 spiro atoms. The minimum Gasteiger partial charge on any atom is -0.497 e. The number of nitrogens with one attached hydrogen (secondary N) is 1. The third-order valence-corrected chi connectivity index (χ3v) is 2.63. The molecule has 0 aliphatic carbocycles. The van der Waals surface area contributed by atoms with Crippen molar-refractivity contribution in [3.05, 3.63) is 18.2 Å². The van der Waals surface area contributed by atoms with Gasteiger partial charge < -0.3 is 15.8 Å². The number of aliphatic imine (C=N–C) groups is 1. The van der Waals surface area contributed by atoms with Crippen LogP contribution in [0.4, 0.5) is 11.4 Å². The van der Waals surface area contributed by atoms with Crippen molar-refractivity contribution in [1.29, 1.82) is 0 Å². The fourth-order valence-corrected chi connectivity index (χ4v) is 1.52. The summed E-state index contributed by atoms with van der Waals surface area (Å²) in [6, 6.07) is 5.17. The minimum absolute atomic E-state index is 0.0615. The summed E-state index contributed by atoms with van der Waals surface area (Å²) in [5.41, 5.74) is 6.74. The van der Waals surface area contributed by atoms with Crippen LogP contribution in [0.5, 0.6) is 5.75 Å². The smallest absolute Gasteiger partial charge is 0.224 e. The van der Waals surface area contributed by atoms with Gasteiger partial charge in [0.05, 0.1) is 24.4 Å². The van der Waals surface area contributed by atoms with Crippen molar-refractivity contribution in [3.8, 4) is 5.75 Å². The van der Waals surface area contributed by atoms with E-state index >= 15 is 0 Å². The highest BCUT2D eigenvalue weighted by Gasteiger charge is 2.08. The number of benzene rings is 1. The number of nitrogens with zero attached hydrogens (tertiary/aromatic N) is 1. The second-order valence-electron chi connectivity index (χ2n) is 3.92. The largest absolute Gasteiger partial charge is 0.497 e.